The Hall–Kier alpha value is -1.31. The second kappa shape index (κ2) is 12.4. The topological polar surface area (TPSA) is 26.3 Å². The molecule has 0 aliphatic carbocycles. The van der Waals surface area contributed by atoms with Gasteiger partial charge in [0.05, 0.1) is 6.61 Å². The first-order valence-electron chi connectivity index (χ1n) is 8.06. The summed E-state index contributed by atoms with van der Waals surface area (Å²) in [6, 6.07) is 0. The van der Waals surface area contributed by atoms with Crippen LogP contribution in [0.3, 0.4) is 0 Å². The van der Waals surface area contributed by atoms with E-state index in [0.717, 1.165) is 32.1 Å². The molecule has 0 aliphatic rings. The van der Waals surface area contributed by atoms with Crippen molar-refractivity contribution in [2.45, 2.75) is 73.1 Å². The lowest BCUT2D eigenvalue weighted by molar-refractivity contribution is -0.142. The molecule has 0 bridgehead atoms. The van der Waals surface area contributed by atoms with Crippen LogP contribution in [0.2, 0.25) is 0 Å². The second-order valence-corrected chi connectivity index (χ2v) is 5.80. The molecule has 0 fully saturated rings. The molecule has 0 rings (SSSR count). The van der Waals surface area contributed by atoms with Crippen LogP contribution < -0.4 is 0 Å². The lowest BCUT2D eigenvalue weighted by atomic mass is 10.1. The third-order valence-corrected chi connectivity index (χ3v) is 3.27. The highest BCUT2D eigenvalue weighted by Crippen LogP contribution is 2.12. The molecule has 0 aliphatic heterocycles. The first-order chi connectivity index (χ1) is 9.95. The first kappa shape index (κ1) is 19.7. The van der Waals surface area contributed by atoms with E-state index in [9.17, 15) is 4.79 Å². The van der Waals surface area contributed by atoms with Gasteiger partial charge in [0.1, 0.15) is 0 Å². The van der Waals surface area contributed by atoms with E-state index >= 15 is 0 Å². The normalized spacial score (nSPS) is 12.2. The summed E-state index contributed by atoms with van der Waals surface area (Å²) >= 11 is 0. The predicted molar refractivity (Wildman–Crippen MR) is 91.3 cm³/mol. The minimum absolute atomic E-state index is 0.100. The van der Waals surface area contributed by atoms with Crippen LogP contribution in [-0.2, 0) is 9.53 Å². The van der Waals surface area contributed by atoms with Crippen LogP contribution in [0.4, 0.5) is 0 Å². The zero-order valence-electron chi connectivity index (χ0n) is 14.5. The van der Waals surface area contributed by atoms with Crippen molar-refractivity contribution >= 4 is 5.97 Å². The largest absolute Gasteiger partial charge is 0.466 e. The minimum Gasteiger partial charge on any atom is -0.466 e. The Bertz CT molecular complexity index is 382. The molecule has 0 saturated carbocycles. The zero-order chi connectivity index (χ0) is 16.1. The van der Waals surface area contributed by atoms with Gasteiger partial charge in [-0.25, -0.2) is 0 Å². The van der Waals surface area contributed by atoms with E-state index in [4.69, 9.17) is 4.74 Å². The lowest BCUT2D eigenvalue weighted by Crippen LogP contribution is -2.02. The first-order valence-corrected chi connectivity index (χ1v) is 8.06. The Morgan fingerprint density at radius 3 is 1.76 bits per heavy atom. The molecular formula is C19H32O2. The van der Waals surface area contributed by atoms with E-state index in [2.05, 4.69) is 45.9 Å². The molecule has 21 heavy (non-hydrogen) atoms. The molecule has 0 N–H and O–H groups in total. The van der Waals surface area contributed by atoms with Crippen LogP contribution in [0, 0.1) is 0 Å². The fraction of sp³-hybridized carbons (Fsp3) is 0.632. The van der Waals surface area contributed by atoms with Gasteiger partial charge in [-0.2, -0.15) is 0 Å². The number of rotatable bonds is 10. The van der Waals surface area contributed by atoms with Crippen molar-refractivity contribution in [2.24, 2.45) is 0 Å². The summed E-state index contributed by atoms with van der Waals surface area (Å²) in [5.41, 5.74) is 4.21. The predicted octanol–water partition coefficient (Wildman–Crippen LogP) is 5.75. The van der Waals surface area contributed by atoms with Gasteiger partial charge in [-0.15, -0.1) is 0 Å². The van der Waals surface area contributed by atoms with E-state index < -0.39 is 0 Å². The maximum absolute atomic E-state index is 11.2. The molecule has 0 atom stereocenters. The highest BCUT2D eigenvalue weighted by molar-refractivity contribution is 5.69. The van der Waals surface area contributed by atoms with Gasteiger partial charge in [0.25, 0.3) is 0 Å². The summed E-state index contributed by atoms with van der Waals surface area (Å²) in [5.74, 6) is -0.100. The fourth-order valence-electron chi connectivity index (χ4n) is 2.01. The van der Waals surface area contributed by atoms with Crippen LogP contribution in [-0.4, -0.2) is 12.6 Å². The minimum atomic E-state index is -0.100. The van der Waals surface area contributed by atoms with E-state index in [0.29, 0.717) is 13.0 Å². The molecule has 0 spiro atoms. The van der Waals surface area contributed by atoms with Gasteiger partial charge in [-0.1, -0.05) is 34.9 Å². The van der Waals surface area contributed by atoms with Gasteiger partial charge in [0, 0.05) is 6.42 Å². The van der Waals surface area contributed by atoms with E-state index in [-0.39, 0.29) is 5.97 Å². The maximum Gasteiger partial charge on any atom is 0.306 e. The second-order valence-electron chi connectivity index (χ2n) is 5.80. The van der Waals surface area contributed by atoms with Crippen molar-refractivity contribution in [3.05, 3.63) is 34.9 Å². The maximum atomic E-state index is 11.2. The Morgan fingerprint density at radius 1 is 0.810 bits per heavy atom. The molecule has 0 amide bonds. The number of carbonyl (C=O) groups excluding carboxylic acids is 1. The third-order valence-electron chi connectivity index (χ3n) is 3.27. The van der Waals surface area contributed by atoms with Crippen molar-refractivity contribution in [3.63, 3.8) is 0 Å². The number of allylic oxidation sites excluding steroid dienone is 6. The van der Waals surface area contributed by atoms with Crippen LogP contribution >= 0.6 is 0 Å². The summed E-state index contributed by atoms with van der Waals surface area (Å²) in [7, 11) is 0. The highest BCUT2D eigenvalue weighted by Gasteiger charge is 1.99. The molecule has 0 saturated heterocycles. The number of esters is 1. The molecule has 0 aromatic rings. The molecule has 2 nitrogen and oxygen atoms in total. The van der Waals surface area contributed by atoms with Gasteiger partial charge in [-0.05, 0) is 66.7 Å². The van der Waals surface area contributed by atoms with Crippen LogP contribution in [0.1, 0.15) is 73.1 Å². The molecule has 0 aromatic heterocycles. The number of hydrogen-bond acceptors (Lipinski definition) is 2. The van der Waals surface area contributed by atoms with E-state index in [1.807, 2.05) is 6.92 Å². The Balaban J connectivity index is 3.88. The molecule has 0 aromatic carbocycles. The lowest BCUT2D eigenvalue weighted by Gasteiger charge is -2.02. The number of carbonyl (C=O) groups is 1. The van der Waals surface area contributed by atoms with Crippen molar-refractivity contribution < 1.29 is 9.53 Å². The average molecular weight is 292 g/mol. The smallest absolute Gasteiger partial charge is 0.306 e. The Morgan fingerprint density at radius 2 is 1.29 bits per heavy atom. The molecule has 0 unspecified atom stereocenters. The quantitative estimate of drug-likeness (QED) is 0.378. The zero-order valence-corrected chi connectivity index (χ0v) is 14.5. The average Bonchev–Trinajstić information content (AvgIpc) is 2.38. The SMILES string of the molecule is CCOC(=O)CCC=C(C)CCC=C(C)CCC=C(C)C. The van der Waals surface area contributed by atoms with Crippen LogP contribution in [0.15, 0.2) is 34.9 Å². The van der Waals surface area contributed by atoms with Gasteiger partial charge >= 0.3 is 5.97 Å². The molecule has 2 heteroatoms. The summed E-state index contributed by atoms with van der Waals surface area (Å²) in [6.07, 6.45) is 12.5. The van der Waals surface area contributed by atoms with Gasteiger partial charge in [0.2, 0.25) is 0 Å². The summed E-state index contributed by atoms with van der Waals surface area (Å²) in [4.78, 5) is 11.2. The van der Waals surface area contributed by atoms with Gasteiger partial charge in [-0.3, -0.25) is 4.79 Å². The van der Waals surface area contributed by atoms with E-state index in [1.54, 1.807) is 0 Å². The fourth-order valence-corrected chi connectivity index (χ4v) is 2.01. The standard InChI is InChI=1S/C19H32O2/c1-6-21-19(20)15-9-14-18(5)13-8-12-17(4)11-7-10-16(2)3/h10,12,14H,6-9,11,13,15H2,1-5H3. The monoisotopic (exact) mass is 292 g/mol. The van der Waals surface area contributed by atoms with Gasteiger partial charge < -0.3 is 4.74 Å². The van der Waals surface area contributed by atoms with Gasteiger partial charge in [0.15, 0.2) is 0 Å². The van der Waals surface area contributed by atoms with Crippen molar-refractivity contribution in [1.82, 2.24) is 0 Å². The van der Waals surface area contributed by atoms with Crippen LogP contribution in [0.5, 0.6) is 0 Å². The van der Waals surface area contributed by atoms with Crippen molar-refractivity contribution in [1.29, 1.82) is 0 Å². The molecule has 0 radical (unpaired) electrons. The third kappa shape index (κ3) is 13.4. The molecular weight excluding hydrogens is 260 g/mol. The Labute approximate surface area is 131 Å². The molecule has 0 heterocycles. The highest BCUT2D eigenvalue weighted by atomic mass is 16.5. The summed E-state index contributed by atoms with van der Waals surface area (Å²) in [6.45, 7) is 10.9. The summed E-state index contributed by atoms with van der Waals surface area (Å²) < 4.78 is 4.91. The number of ether oxygens (including phenoxy) is 1. The Kier molecular flexibility index (Phi) is 11.7. The number of hydrogen-bond donors (Lipinski definition) is 0. The van der Waals surface area contributed by atoms with E-state index in [1.165, 1.54) is 16.7 Å². The van der Waals surface area contributed by atoms with Crippen molar-refractivity contribution in [3.8, 4) is 0 Å². The van der Waals surface area contributed by atoms with Crippen LogP contribution in [0.25, 0.3) is 0 Å². The summed E-state index contributed by atoms with van der Waals surface area (Å²) in [5, 5.41) is 0. The molecule has 120 valence electrons. The van der Waals surface area contributed by atoms with Crippen molar-refractivity contribution in [2.75, 3.05) is 6.61 Å².